The van der Waals surface area contributed by atoms with E-state index in [1.54, 1.807) is 0 Å². The van der Waals surface area contributed by atoms with Gasteiger partial charge < -0.3 is 5.73 Å². The first-order valence-electron chi connectivity index (χ1n) is 3.60. The standard InChI is InChI=1S/C8H12N4/c1-6-4-2-3-5-7(6)8(9)11-12-10/h2-5,12H,10H2,1H3,(H2,9,11). The molecule has 4 heteroatoms. The van der Waals surface area contributed by atoms with Gasteiger partial charge in [-0.15, -0.1) is 5.10 Å². The van der Waals surface area contributed by atoms with Crippen molar-refractivity contribution in [2.24, 2.45) is 16.7 Å². The van der Waals surface area contributed by atoms with Gasteiger partial charge in [-0.1, -0.05) is 24.3 Å². The first-order chi connectivity index (χ1) is 5.75. The maximum Gasteiger partial charge on any atom is 0.152 e. The first-order valence-corrected chi connectivity index (χ1v) is 3.60. The van der Waals surface area contributed by atoms with Gasteiger partial charge in [0.2, 0.25) is 0 Å². The minimum Gasteiger partial charge on any atom is -0.382 e. The van der Waals surface area contributed by atoms with Crippen molar-refractivity contribution in [3.63, 3.8) is 0 Å². The Labute approximate surface area is 71.2 Å². The summed E-state index contributed by atoms with van der Waals surface area (Å²) in [5.74, 6) is 5.40. The molecule has 0 amide bonds. The molecule has 0 fully saturated rings. The maximum absolute atomic E-state index is 5.61. The number of hydrogen-bond acceptors (Lipinski definition) is 3. The molecular formula is C8H12N4. The summed E-state index contributed by atoms with van der Waals surface area (Å²) in [5.41, 5.74) is 9.75. The second kappa shape index (κ2) is 3.73. The Balaban J connectivity index is 3.02. The normalized spacial score (nSPS) is 11.3. The lowest BCUT2D eigenvalue weighted by atomic mass is 10.1. The van der Waals surface area contributed by atoms with Crippen LogP contribution in [0.15, 0.2) is 29.4 Å². The van der Waals surface area contributed by atoms with Crippen LogP contribution in [0, 0.1) is 6.92 Å². The fourth-order valence-corrected chi connectivity index (χ4v) is 0.990. The monoisotopic (exact) mass is 164 g/mol. The quantitative estimate of drug-likeness (QED) is 0.251. The SMILES string of the molecule is Cc1ccccc1C(N)=NNN. The largest absolute Gasteiger partial charge is 0.382 e. The summed E-state index contributed by atoms with van der Waals surface area (Å²) >= 11 is 0. The molecular weight excluding hydrogens is 152 g/mol. The first kappa shape index (κ1) is 8.55. The highest BCUT2D eigenvalue weighted by molar-refractivity contribution is 5.98. The van der Waals surface area contributed by atoms with Crippen LogP contribution in [0.5, 0.6) is 0 Å². The van der Waals surface area contributed by atoms with E-state index >= 15 is 0 Å². The summed E-state index contributed by atoms with van der Waals surface area (Å²) in [6.45, 7) is 1.97. The summed E-state index contributed by atoms with van der Waals surface area (Å²) in [6.07, 6.45) is 0. The van der Waals surface area contributed by atoms with Crippen LogP contribution in [0.2, 0.25) is 0 Å². The molecule has 64 valence electrons. The molecule has 5 N–H and O–H groups in total. The molecule has 0 heterocycles. The fraction of sp³-hybridized carbons (Fsp3) is 0.125. The molecule has 0 radical (unpaired) electrons. The molecule has 0 atom stereocenters. The van der Waals surface area contributed by atoms with Crippen molar-refractivity contribution in [2.45, 2.75) is 6.92 Å². The Hall–Kier alpha value is -1.55. The van der Waals surface area contributed by atoms with Gasteiger partial charge in [-0.2, -0.15) is 0 Å². The van der Waals surface area contributed by atoms with E-state index in [4.69, 9.17) is 11.6 Å². The molecule has 0 saturated heterocycles. The van der Waals surface area contributed by atoms with Gasteiger partial charge >= 0.3 is 0 Å². The van der Waals surface area contributed by atoms with Gasteiger partial charge in [0.1, 0.15) is 0 Å². The van der Waals surface area contributed by atoms with Crippen LogP contribution in [0.25, 0.3) is 0 Å². The van der Waals surface area contributed by atoms with Crippen LogP contribution in [0.3, 0.4) is 0 Å². The van der Waals surface area contributed by atoms with Crippen LogP contribution in [0.4, 0.5) is 0 Å². The van der Waals surface area contributed by atoms with E-state index in [1.165, 1.54) is 0 Å². The zero-order valence-corrected chi connectivity index (χ0v) is 6.91. The van der Waals surface area contributed by atoms with Crippen molar-refractivity contribution in [1.29, 1.82) is 0 Å². The van der Waals surface area contributed by atoms with E-state index < -0.39 is 0 Å². The van der Waals surface area contributed by atoms with E-state index in [0.717, 1.165) is 11.1 Å². The van der Waals surface area contributed by atoms with E-state index in [0.29, 0.717) is 5.84 Å². The van der Waals surface area contributed by atoms with Crippen molar-refractivity contribution in [3.8, 4) is 0 Å². The number of hydrazone groups is 1. The predicted molar refractivity (Wildman–Crippen MR) is 49.2 cm³/mol. The van der Waals surface area contributed by atoms with Crippen molar-refractivity contribution in [1.82, 2.24) is 5.53 Å². The van der Waals surface area contributed by atoms with E-state index in [1.807, 2.05) is 31.2 Å². The summed E-state index contributed by atoms with van der Waals surface area (Å²) in [7, 11) is 0. The lowest BCUT2D eigenvalue weighted by Crippen LogP contribution is -2.23. The second-order valence-corrected chi connectivity index (χ2v) is 2.44. The fourth-order valence-electron chi connectivity index (χ4n) is 0.990. The average Bonchev–Trinajstić information content (AvgIpc) is 2.05. The molecule has 0 aliphatic rings. The van der Waals surface area contributed by atoms with Gasteiger partial charge in [-0.05, 0) is 12.5 Å². The Bertz CT molecular complexity index is 293. The number of hydrogen-bond donors (Lipinski definition) is 3. The molecule has 1 aromatic rings. The Morgan fingerprint density at radius 1 is 1.42 bits per heavy atom. The van der Waals surface area contributed by atoms with Gasteiger partial charge in [0, 0.05) is 5.56 Å². The van der Waals surface area contributed by atoms with Gasteiger partial charge in [0.05, 0.1) is 0 Å². The molecule has 0 unspecified atom stereocenters. The summed E-state index contributed by atoms with van der Waals surface area (Å²) in [6, 6.07) is 7.71. The van der Waals surface area contributed by atoms with Crippen molar-refractivity contribution >= 4 is 5.84 Å². The number of rotatable bonds is 2. The molecule has 12 heavy (non-hydrogen) atoms. The highest BCUT2D eigenvalue weighted by Gasteiger charge is 1.99. The molecule has 1 aromatic carbocycles. The number of benzene rings is 1. The highest BCUT2D eigenvalue weighted by Crippen LogP contribution is 2.05. The van der Waals surface area contributed by atoms with E-state index in [9.17, 15) is 0 Å². The highest BCUT2D eigenvalue weighted by atomic mass is 15.5. The molecule has 0 aromatic heterocycles. The van der Waals surface area contributed by atoms with Crippen LogP contribution in [0.1, 0.15) is 11.1 Å². The molecule has 1 rings (SSSR count). The molecule has 0 aliphatic heterocycles. The van der Waals surface area contributed by atoms with Gasteiger partial charge in [-0.25, -0.2) is 11.4 Å². The number of nitrogens with zero attached hydrogens (tertiary/aromatic N) is 1. The summed E-state index contributed by atoms with van der Waals surface area (Å²) < 4.78 is 0. The maximum atomic E-state index is 5.61. The topological polar surface area (TPSA) is 76.4 Å². The van der Waals surface area contributed by atoms with Crippen molar-refractivity contribution in [2.75, 3.05) is 0 Å². The third-order valence-electron chi connectivity index (χ3n) is 1.61. The van der Waals surface area contributed by atoms with Crippen LogP contribution in [-0.4, -0.2) is 5.84 Å². The number of aryl methyl sites for hydroxylation is 1. The number of amidine groups is 1. The molecule has 0 aliphatic carbocycles. The Morgan fingerprint density at radius 3 is 2.67 bits per heavy atom. The van der Waals surface area contributed by atoms with Gasteiger partial charge in [-0.3, -0.25) is 0 Å². The summed E-state index contributed by atoms with van der Waals surface area (Å²) in [5, 5.41) is 3.68. The van der Waals surface area contributed by atoms with Gasteiger partial charge in [0.15, 0.2) is 5.84 Å². The Kier molecular flexibility index (Phi) is 2.66. The van der Waals surface area contributed by atoms with Crippen LogP contribution >= 0.6 is 0 Å². The summed E-state index contributed by atoms with van der Waals surface area (Å²) in [4.78, 5) is 0. The number of hydrazine groups is 1. The number of nitrogens with one attached hydrogen (secondary N) is 1. The minimum atomic E-state index is 0.399. The van der Waals surface area contributed by atoms with Gasteiger partial charge in [0.25, 0.3) is 0 Å². The average molecular weight is 164 g/mol. The molecule has 0 bridgehead atoms. The molecule has 0 spiro atoms. The lowest BCUT2D eigenvalue weighted by molar-refractivity contribution is 0.803. The number of nitrogens with two attached hydrogens (primary N) is 2. The lowest BCUT2D eigenvalue weighted by Gasteiger charge is -2.03. The third kappa shape index (κ3) is 1.73. The van der Waals surface area contributed by atoms with Crippen molar-refractivity contribution < 1.29 is 0 Å². The van der Waals surface area contributed by atoms with Crippen LogP contribution in [-0.2, 0) is 0 Å². The van der Waals surface area contributed by atoms with E-state index in [2.05, 4.69) is 10.6 Å². The zero-order valence-electron chi connectivity index (χ0n) is 6.91. The zero-order chi connectivity index (χ0) is 8.97. The minimum absolute atomic E-state index is 0.399. The molecule has 0 saturated carbocycles. The second-order valence-electron chi connectivity index (χ2n) is 2.44. The van der Waals surface area contributed by atoms with E-state index in [-0.39, 0.29) is 0 Å². The smallest absolute Gasteiger partial charge is 0.152 e. The van der Waals surface area contributed by atoms with Crippen LogP contribution < -0.4 is 17.1 Å². The third-order valence-corrected chi connectivity index (χ3v) is 1.61. The van der Waals surface area contributed by atoms with Crippen molar-refractivity contribution in [3.05, 3.63) is 35.4 Å². The Morgan fingerprint density at radius 2 is 2.08 bits per heavy atom. The predicted octanol–water partition coefficient (Wildman–Crippen LogP) is 0.0786. The molecule has 4 nitrogen and oxygen atoms in total.